The Bertz CT molecular complexity index is 1110. The van der Waals surface area contributed by atoms with Gasteiger partial charge in [0.05, 0.1) is 0 Å². The van der Waals surface area contributed by atoms with Crippen molar-refractivity contribution in [1.82, 2.24) is 9.38 Å². The Morgan fingerprint density at radius 2 is 1.69 bits per heavy atom. The highest BCUT2D eigenvalue weighted by Gasteiger charge is 2.14. The molecule has 0 aliphatic carbocycles. The topological polar surface area (TPSA) is 42.0 Å². The molecule has 0 unspecified atom stereocenters. The molecule has 2 aromatic carbocycles. The van der Waals surface area contributed by atoms with E-state index in [1.807, 2.05) is 25.3 Å². The van der Waals surface area contributed by atoms with Gasteiger partial charge >= 0.3 is 0 Å². The number of imidazole rings is 1. The predicted octanol–water partition coefficient (Wildman–Crippen LogP) is 6.00. The van der Waals surface area contributed by atoms with Crippen molar-refractivity contribution in [2.24, 2.45) is 10.2 Å². The van der Waals surface area contributed by atoms with Crippen LogP contribution in [-0.2, 0) is 0 Å². The Morgan fingerprint density at radius 1 is 0.923 bits per heavy atom. The fraction of sp³-hybridized carbons (Fsp3) is 0.0500. The van der Waals surface area contributed by atoms with Gasteiger partial charge in [0, 0.05) is 11.8 Å². The molecule has 4 aromatic rings. The molecular weight excluding hydrogens is 334 g/mol. The summed E-state index contributed by atoms with van der Waals surface area (Å²) in [4.78, 5) is 4.60. The Morgan fingerprint density at radius 3 is 2.46 bits per heavy atom. The van der Waals surface area contributed by atoms with Crippen LogP contribution in [0.15, 0.2) is 77.1 Å². The third-order valence-corrected chi connectivity index (χ3v) is 3.98. The van der Waals surface area contributed by atoms with Crippen LogP contribution in [0.4, 0.5) is 20.3 Å². The Kier molecular flexibility index (Phi) is 4.01. The van der Waals surface area contributed by atoms with Gasteiger partial charge in [-0.2, -0.15) is 0 Å². The highest BCUT2D eigenvalue weighted by molar-refractivity contribution is 5.74. The van der Waals surface area contributed by atoms with Crippen LogP contribution in [0, 0.1) is 18.6 Å². The zero-order valence-electron chi connectivity index (χ0n) is 13.9. The fourth-order valence-corrected chi connectivity index (χ4v) is 2.66. The quantitative estimate of drug-likeness (QED) is 0.418. The van der Waals surface area contributed by atoms with Crippen LogP contribution >= 0.6 is 0 Å². The lowest BCUT2D eigenvalue weighted by Crippen LogP contribution is -1.84. The maximum Gasteiger partial charge on any atom is 0.187 e. The van der Waals surface area contributed by atoms with Gasteiger partial charge in [0.25, 0.3) is 0 Å². The lowest BCUT2D eigenvalue weighted by atomic mass is 10.1. The maximum absolute atomic E-state index is 13.8. The molecule has 0 saturated heterocycles. The summed E-state index contributed by atoms with van der Waals surface area (Å²) in [6.45, 7) is 1.97. The average Bonchev–Trinajstić information content (AvgIpc) is 2.99. The van der Waals surface area contributed by atoms with Crippen molar-refractivity contribution in [1.29, 1.82) is 0 Å². The average molecular weight is 348 g/mol. The van der Waals surface area contributed by atoms with Crippen molar-refractivity contribution in [2.45, 2.75) is 6.92 Å². The third-order valence-electron chi connectivity index (χ3n) is 3.98. The first kappa shape index (κ1) is 16.1. The van der Waals surface area contributed by atoms with Gasteiger partial charge in [-0.25, -0.2) is 13.8 Å². The number of halogens is 2. The van der Waals surface area contributed by atoms with Gasteiger partial charge in [0.15, 0.2) is 11.6 Å². The number of rotatable bonds is 3. The van der Waals surface area contributed by atoms with E-state index < -0.39 is 5.82 Å². The second-order valence-electron chi connectivity index (χ2n) is 5.87. The van der Waals surface area contributed by atoms with Crippen molar-refractivity contribution < 1.29 is 8.78 Å². The molecule has 2 aromatic heterocycles. The molecule has 4 rings (SSSR count). The van der Waals surface area contributed by atoms with E-state index in [2.05, 4.69) is 15.2 Å². The monoisotopic (exact) mass is 348 g/mol. The van der Waals surface area contributed by atoms with Crippen molar-refractivity contribution >= 4 is 17.2 Å². The van der Waals surface area contributed by atoms with E-state index in [0.29, 0.717) is 22.7 Å². The molecule has 0 N–H and O–H groups in total. The molecule has 4 nitrogen and oxygen atoms in total. The van der Waals surface area contributed by atoms with Crippen molar-refractivity contribution in [2.75, 3.05) is 0 Å². The second kappa shape index (κ2) is 6.48. The highest BCUT2D eigenvalue weighted by Crippen LogP contribution is 2.33. The number of benzene rings is 2. The summed E-state index contributed by atoms with van der Waals surface area (Å²) >= 11 is 0. The summed E-state index contributed by atoms with van der Waals surface area (Å²) in [5.74, 6) is -0.331. The van der Waals surface area contributed by atoms with Crippen LogP contribution in [0.25, 0.3) is 16.9 Å². The maximum atomic E-state index is 13.8. The summed E-state index contributed by atoms with van der Waals surface area (Å²) in [5.41, 5.74) is 3.13. The lowest BCUT2D eigenvalue weighted by molar-refractivity contribution is 0.627. The normalized spacial score (nSPS) is 11.5. The van der Waals surface area contributed by atoms with Gasteiger partial charge in [0.1, 0.15) is 22.8 Å². The number of azo groups is 1. The molecule has 0 saturated carbocycles. The van der Waals surface area contributed by atoms with Crippen molar-refractivity contribution in [3.63, 3.8) is 0 Å². The molecule has 2 heterocycles. The van der Waals surface area contributed by atoms with Crippen LogP contribution in [-0.4, -0.2) is 9.38 Å². The van der Waals surface area contributed by atoms with E-state index in [-0.39, 0.29) is 11.5 Å². The Labute approximate surface area is 148 Å². The third kappa shape index (κ3) is 2.97. The number of nitrogens with zero attached hydrogens (tertiary/aromatic N) is 4. The molecule has 0 aliphatic rings. The smallest absolute Gasteiger partial charge is 0.187 e. The summed E-state index contributed by atoms with van der Waals surface area (Å²) in [6, 6.07) is 16.0. The minimum Gasteiger partial charge on any atom is -0.283 e. The summed E-state index contributed by atoms with van der Waals surface area (Å²) in [7, 11) is 0. The number of aromatic nitrogens is 2. The minimum atomic E-state index is -0.454. The van der Waals surface area contributed by atoms with Gasteiger partial charge in [-0.1, -0.05) is 12.1 Å². The van der Waals surface area contributed by atoms with Crippen molar-refractivity contribution in [3.8, 4) is 11.3 Å². The van der Waals surface area contributed by atoms with Gasteiger partial charge < -0.3 is 0 Å². The van der Waals surface area contributed by atoms with E-state index in [9.17, 15) is 8.78 Å². The van der Waals surface area contributed by atoms with E-state index in [1.54, 1.807) is 34.7 Å². The molecule has 26 heavy (non-hydrogen) atoms. The Balaban J connectivity index is 1.89. The van der Waals surface area contributed by atoms with E-state index in [0.717, 1.165) is 5.56 Å². The molecule has 0 bridgehead atoms. The molecule has 0 amide bonds. The van der Waals surface area contributed by atoms with E-state index in [4.69, 9.17) is 0 Å². The number of fused-ring (bicyclic) bond motifs is 1. The first-order valence-electron chi connectivity index (χ1n) is 8.03. The summed E-state index contributed by atoms with van der Waals surface area (Å²) in [5, 5.41) is 8.29. The van der Waals surface area contributed by atoms with Gasteiger partial charge in [-0.05, 0) is 61.0 Å². The molecule has 128 valence electrons. The molecular formula is C20H14F2N4. The van der Waals surface area contributed by atoms with Crippen LogP contribution < -0.4 is 0 Å². The number of pyridine rings is 1. The van der Waals surface area contributed by atoms with Gasteiger partial charge in [0.2, 0.25) is 0 Å². The van der Waals surface area contributed by atoms with Gasteiger partial charge in [-0.3, -0.25) is 4.40 Å². The fourth-order valence-electron chi connectivity index (χ4n) is 2.66. The zero-order valence-corrected chi connectivity index (χ0v) is 13.9. The van der Waals surface area contributed by atoms with Crippen LogP contribution in [0.3, 0.4) is 0 Å². The number of hydrogen-bond acceptors (Lipinski definition) is 3. The van der Waals surface area contributed by atoms with E-state index in [1.165, 1.54) is 18.2 Å². The standard InChI is InChI=1S/C20H14F2N4/c1-13-10-11-26-18(12-13)23-19(14-6-8-15(21)9-7-14)20(26)25-24-17-5-3-2-4-16(17)22/h2-12H,1H3. The van der Waals surface area contributed by atoms with Gasteiger partial charge in [-0.15, -0.1) is 10.2 Å². The second-order valence-corrected chi connectivity index (χ2v) is 5.87. The predicted molar refractivity (Wildman–Crippen MR) is 95.9 cm³/mol. The molecule has 0 fully saturated rings. The van der Waals surface area contributed by atoms with Crippen LogP contribution in [0.2, 0.25) is 0 Å². The molecule has 0 spiro atoms. The van der Waals surface area contributed by atoms with Crippen LogP contribution in [0.5, 0.6) is 0 Å². The number of hydrogen-bond donors (Lipinski definition) is 0. The summed E-state index contributed by atoms with van der Waals surface area (Å²) in [6.07, 6.45) is 1.83. The zero-order chi connectivity index (χ0) is 18.1. The molecule has 0 atom stereocenters. The minimum absolute atomic E-state index is 0.139. The first-order chi connectivity index (χ1) is 12.6. The van der Waals surface area contributed by atoms with Crippen molar-refractivity contribution in [3.05, 3.63) is 84.1 Å². The first-order valence-corrected chi connectivity index (χ1v) is 8.03. The summed E-state index contributed by atoms with van der Waals surface area (Å²) < 4.78 is 28.9. The Hall–Kier alpha value is -3.41. The molecule has 6 heteroatoms. The highest BCUT2D eigenvalue weighted by atomic mass is 19.1. The largest absolute Gasteiger partial charge is 0.283 e. The molecule has 0 aliphatic heterocycles. The van der Waals surface area contributed by atoms with E-state index >= 15 is 0 Å². The SMILES string of the molecule is Cc1ccn2c(N=Nc3ccccc3F)c(-c3ccc(F)cc3)nc2c1. The van der Waals surface area contributed by atoms with Crippen LogP contribution in [0.1, 0.15) is 5.56 Å². The molecule has 0 radical (unpaired) electrons. The lowest BCUT2D eigenvalue weighted by Gasteiger charge is -2.00. The number of aryl methyl sites for hydroxylation is 1.